The predicted molar refractivity (Wildman–Crippen MR) is 162 cm³/mol. The zero-order chi connectivity index (χ0) is 30.3. The number of benzene rings is 2. The van der Waals surface area contributed by atoms with Crippen molar-refractivity contribution < 1.29 is 28.2 Å². The van der Waals surface area contributed by atoms with Crippen LogP contribution in [0.3, 0.4) is 0 Å². The van der Waals surface area contributed by atoms with Gasteiger partial charge in [-0.05, 0) is 75.7 Å². The zero-order valence-corrected chi connectivity index (χ0v) is 25.0. The number of esters is 1. The Kier molecular flexibility index (Phi) is 10.1. The molecule has 1 amide bonds. The third kappa shape index (κ3) is 7.81. The first kappa shape index (κ1) is 30.7. The number of hydrogen-bond donors (Lipinski definition) is 2. The molecule has 1 aromatic heterocycles. The summed E-state index contributed by atoms with van der Waals surface area (Å²) in [5, 5.41) is 6.68. The normalized spacial score (nSPS) is 17.9. The van der Waals surface area contributed by atoms with E-state index in [1.165, 1.54) is 13.2 Å². The van der Waals surface area contributed by atoms with Gasteiger partial charge in [-0.3, -0.25) is 9.69 Å². The number of carbonyl (C=O) groups excluding carboxylic acids is 2. The van der Waals surface area contributed by atoms with Crippen LogP contribution in [0.25, 0.3) is 0 Å². The average molecular weight is 611 g/mol. The van der Waals surface area contributed by atoms with Crippen LogP contribution in [0.2, 0.25) is 5.02 Å². The number of rotatable bonds is 11. The Hall–Kier alpha value is -3.73. The van der Waals surface area contributed by atoms with Gasteiger partial charge < -0.3 is 24.8 Å². The number of halogens is 2. The summed E-state index contributed by atoms with van der Waals surface area (Å²) in [4.78, 5) is 32.2. The van der Waals surface area contributed by atoms with Gasteiger partial charge >= 0.3 is 5.97 Å². The van der Waals surface area contributed by atoms with Crippen LogP contribution >= 0.6 is 11.6 Å². The fraction of sp³-hybridized carbons (Fsp3) is 0.406. The minimum Gasteiger partial charge on any atom is -0.473 e. The van der Waals surface area contributed by atoms with Crippen molar-refractivity contribution in [1.82, 2.24) is 9.88 Å². The molecule has 2 aliphatic rings. The van der Waals surface area contributed by atoms with E-state index < -0.39 is 11.8 Å². The highest BCUT2D eigenvalue weighted by Crippen LogP contribution is 2.30. The highest BCUT2D eigenvalue weighted by Gasteiger charge is 2.29. The standard InChI is InChI=1S/C32H36ClFN4O5/c1-20(31(39)37-28-9-7-22(32(40)41-2)16-29(28)35-18-25-12-15-42-25)38-13-10-21(11-14-38)27-4-3-5-30(36-27)43-19-23-6-8-24(33)17-26(23)34/h3-9,16-17,20-21,25,35H,10-15,18-19H2,1-2H3,(H,37,39)/t20?,25-/m0/s1. The first-order valence-corrected chi connectivity index (χ1v) is 14.8. The minimum atomic E-state index is -0.445. The quantitative estimate of drug-likeness (QED) is 0.269. The molecule has 2 saturated heterocycles. The molecule has 3 aromatic rings. The molecular formula is C32H36ClFN4O5. The van der Waals surface area contributed by atoms with Gasteiger partial charge in [0.1, 0.15) is 12.4 Å². The summed E-state index contributed by atoms with van der Waals surface area (Å²) in [5.41, 5.74) is 2.96. The minimum absolute atomic E-state index is 0.0571. The van der Waals surface area contributed by atoms with Gasteiger partial charge in [-0.15, -0.1) is 0 Å². The number of amides is 1. The molecule has 0 aliphatic carbocycles. The zero-order valence-electron chi connectivity index (χ0n) is 24.3. The number of anilines is 2. The Labute approximate surface area is 255 Å². The van der Waals surface area contributed by atoms with E-state index >= 15 is 0 Å². The molecule has 43 heavy (non-hydrogen) atoms. The van der Waals surface area contributed by atoms with Gasteiger partial charge in [-0.2, -0.15) is 0 Å². The van der Waals surface area contributed by atoms with E-state index in [1.54, 1.807) is 36.4 Å². The van der Waals surface area contributed by atoms with Gasteiger partial charge in [0.05, 0.1) is 36.2 Å². The summed E-state index contributed by atoms with van der Waals surface area (Å²) in [6.45, 7) is 4.74. The number of pyridine rings is 1. The van der Waals surface area contributed by atoms with E-state index in [4.69, 9.17) is 25.8 Å². The van der Waals surface area contributed by atoms with Gasteiger partial charge in [0.2, 0.25) is 11.8 Å². The lowest BCUT2D eigenvalue weighted by Gasteiger charge is -2.35. The fourth-order valence-electron chi connectivity index (χ4n) is 5.23. The van der Waals surface area contributed by atoms with E-state index in [1.807, 2.05) is 19.1 Å². The van der Waals surface area contributed by atoms with Crippen molar-refractivity contribution in [3.05, 3.63) is 82.3 Å². The fourth-order valence-corrected chi connectivity index (χ4v) is 5.39. The van der Waals surface area contributed by atoms with Gasteiger partial charge in [0.25, 0.3) is 0 Å². The molecule has 228 valence electrons. The Balaban J connectivity index is 1.16. The predicted octanol–water partition coefficient (Wildman–Crippen LogP) is 5.65. The lowest BCUT2D eigenvalue weighted by atomic mass is 9.92. The van der Waals surface area contributed by atoms with Crippen LogP contribution in [0.5, 0.6) is 5.88 Å². The molecule has 3 heterocycles. The summed E-state index contributed by atoms with van der Waals surface area (Å²) in [7, 11) is 1.34. The van der Waals surface area contributed by atoms with Gasteiger partial charge in [-0.1, -0.05) is 23.7 Å². The number of hydrogen-bond acceptors (Lipinski definition) is 8. The van der Waals surface area contributed by atoms with Crippen molar-refractivity contribution in [2.45, 2.75) is 50.9 Å². The monoisotopic (exact) mass is 610 g/mol. The number of nitrogens with one attached hydrogen (secondary N) is 2. The lowest BCUT2D eigenvalue weighted by Crippen LogP contribution is -2.45. The molecule has 2 aliphatic heterocycles. The largest absolute Gasteiger partial charge is 0.473 e. The van der Waals surface area contributed by atoms with Crippen LogP contribution in [0.1, 0.15) is 53.7 Å². The van der Waals surface area contributed by atoms with Crippen molar-refractivity contribution in [3.63, 3.8) is 0 Å². The van der Waals surface area contributed by atoms with E-state index in [-0.39, 0.29) is 30.6 Å². The summed E-state index contributed by atoms with van der Waals surface area (Å²) >= 11 is 5.84. The molecule has 2 atom stereocenters. The summed E-state index contributed by atoms with van der Waals surface area (Å²) in [6.07, 6.45) is 2.75. The van der Waals surface area contributed by atoms with E-state index in [2.05, 4.69) is 20.5 Å². The van der Waals surface area contributed by atoms with Crippen molar-refractivity contribution in [3.8, 4) is 5.88 Å². The highest BCUT2D eigenvalue weighted by molar-refractivity contribution is 6.30. The van der Waals surface area contributed by atoms with Crippen molar-refractivity contribution >= 4 is 34.9 Å². The molecule has 2 N–H and O–H groups in total. The molecule has 0 bridgehead atoms. The first-order chi connectivity index (χ1) is 20.8. The first-order valence-electron chi connectivity index (χ1n) is 14.5. The molecule has 1 unspecified atom stereocenters. The molecule has 0 radical (unpaired) electrons. The second-order valence-electron chi connectivity index (χ2n) is 10.8. The van der Waals surface area contributed by atoms with Crippen LogP contribution in [-0.4, -0.2) is 67.3 Å². The molecule has 11 heteroatoms. The van der Waals surface area contributed by atoms with Crippen LogP contribution in [0, 0.1) is 5.82 Å². The maximum absolute atomic E-state index is 14.1. The van der Waals surface area contributed by atoms with Crippen LogP contribution < -0.4 is 15.4 Å². The highest BCUT2D eigenvalue weighted by atomic mass is 35.5. The van der Waals surface area contributed by atoms with E-state index in [9.17, 15) is 14.0 Å². The number of aromatic nitrogens is 1. The Morgan fingerprint density at radius 2 is 1.91 bits per heavy atom. The Morgan fingerprint density at radius 3 is 2.60 bits per heavy atom. The Morgan fingerprint density at radius 1 is 1.12 bits per heavy atom. The smallest absolute Gasteiger partial charge is 0.337 e. The summed E-state index contributed by atoms with van der Waals surface area (Å²) in [5.74, 6) is -0.330. The van der Waals surface area contributed by atoms with Crippen molar-refractivity contribution in [2.75, 3.05) is 44.0 Å². The average Bonchev–Trinajstić information content (AvgIpc) is 3.00. The molecule has 2 fully saturated rings. The summed E-state index contributed by atoms with van der Waals surface area (Å²) < 4.78 is 30.2. The van der Waals surface area contributed by atoms with E-state index in [0.29, 0.717) is 39.9 Å². The molecule has 5 rings (SSSR count). The van der Waals surface area contributed by atoms with Gasteiger partial charge in [0, 0.05) is 41.4 Å². The second-order valence-corrected chi connectivity index (χ2v) is 11.3. The number of ether oxygens (including phenoxy) is 3. The Bertz CT molecular complexity index is 1450. The number of methoxy groups -OCH3 is 1. The van der Waals surface area contributed by atoms with Crippen LogP contribution in [0.15, 0.2) is 54.6 Å². The molecule has 2 aromatic carbocycles. The number of likely N-dealkylation sites (tertiary alicyclic amines) is 1. The van der Waals surface area contributed by atoms with Crippen LogP contribution in [0.4, 0.5) is 15.8 Å². The third-order valence-electron chi connectivity index (χ3n) is 8.02. The molecule has 0 saturated carbocycles. The lowest BCUT2D eigenvalue weighted by molar-refractivity contribution is -0.121. The van der Waals surface area contributed by atoms with Gasteiger partial charge in [0.15, 0.2) is 0 Å². The molecule has 0 spiro atoms. The maximum Gasteiger partial charge on any atom is 0.337 e. The SMILES string of the molecule is COC(=O)c1ccc(NC(=O)C(C)N2CCC(c3cccc(OCc4ccc(Cl)cc4F)n3)CC2)c(NC[C@@H]2CCO2)c1. The van der Waals surface area contributed by atoms with Gasteiger partial charge in [-0.25, -0.2) is 14.2 Å². The second kappa shape index (κ2) is 14.2. The molecule has 9 nitrogen and oxygen atoms in total. The number of carbonyl (C=O) groups is 2. The number of nitrogens with zero attached hydrogens (tertiary/aromatic N) is 2. The van der Waals surface area contributed by atoms with Crippen LogP contribution in [-0.2, 0) is 20.9 Å². The topological polar surface area (TPSA) is 102 Å². The maximum atomic E-state index is 14.1. The van der Waals surface area contributed by atoms with Crippen molar-refractivity contribution in [2.24, 2.45) is 0 Å². The summed E-state index contributed by atoms with van der Waals surface area (Å²) in [6, 6.07) is 14.8. The van der Waals surface area contributed by atoms with E-state index in [0.717, 1.165) is 44.7 Å². The van der Waals surface area contributed by atoms with Crippen molar-refractivity contribution in [1.29, 1.82) is 0 Å². The third-order valence-corrected chi connectivity index (χ3v) is 8.26. The number of piperidine rings is 1. The molecular weight excluding hydrogens is 575 g/mol.